The molecule has 3 rings (SSSR count). The molecule has 1 aromatic rings. The molecule has 11 heteroatoms. The van der Waals surface area contributed by atoms with Crippen LogP contribution in [-0.4, -0.2) is 61.9 Å². The van der Waals surface area contributed by atoms with Crippen molar-refractivity contribution in [3.05, 3.63) is 20.3 Å². The maximum Gasteiger partial charge on any atom is 0.363 e. The lowest BCUT2D eigenvalue weighted by atomic mass is 9.95. The maximum absolute atomic E-state index is 12.8. The molecule has 4 atom stereocenters. The number of aliphatic hydroxyl groups excluding tert-OH is 3. The van der Waals surface area contributed by atoms with Crippen LogP contribution in [0.2, 0.25) is 0 Å². The SMILES string of the molecule is Nc1nc(=O)n([C@]2(C(=O)OC3CCC3)O[C@H](CO)[C@@H](O)[C@H]2O)cc1I. The summed E-state index contributed by atoms with van der Waals surface area (Å²) in [5.74, 6) is -1.07. The van der Waals surface area contributed by atoms with Crippen LogP contribution in [0.15, 0.2) is 11.0 Å². The van der Waals surface area contributed by atoms with Gasteiger partial charge < -0.3 is 30.5 Å². The van der Waals surface area contributed by atoms with Crippen molar-refractivity contribution in [3.63, 3.8) is 0 Å². The zero-order valence-electron chi connectivity index (χ0n) is 13.0. The average molecular weight is 467 g/mol. The molecule has 2 fully saturated rings. The van der Waals surface area contributed by atoms with Gasteiger partial charge in [0.05, 0.1) is 10.2 Å². The van der Waals surface area contributed by atoms with E-state index in [-0.39, 0.29) is 11.9 Å². The number of halogens is 1. The number of hydrogen-bond donors (Lipinski definition) is 4. The Morgan fingerprint density at radius 1 is 1.52 bits per heavy atom. The molecular formula is C14H18IN3O7. The summed E-state index contributed by atoms with van der Waals surface area (Å²) in [6, 6.07) is 0. The average Bonchev–Trinajstić information content (AvgIpc) is 2.79. The molecule has 0 unspecified atom stereocenters. The van der Waals surface area contributed by atoms with Crippen molar-refractivity contribution in [1.29, 1.82) is 0 Å². The minimum Gasteiger partial charge on any atom is -0.459 e. The van der Waals surface area contributed by atoms with E-state index in [0.717, 1.165) is 11.0 Å². The van der Waals surface area contributed by atoms with Gasteiger partial charge in [-0.25, -0.2) is 9.59 Å². The predicted molar refractivity (Wildman–Crippen MR) is 91.3 cm³/mol. The Balaban J connectivity index is 2.11. The Bertz CT molecular complexity index is 738. The van der Waals surface area contributed by atoms with E-state index < -0.39 is 42.3 Å². The van der Waals surface area contributed by atoms with Gasteiger partial charge in [0.1, 0.15) is 30.2 Å². The van der Waals surface area contributed by atoms with Crippen LogP contribution in [0.3, 0.4) is 0 Å². The molecule has 0 bridgehead atoms. The fraction of sp³-hybridized carbons (Fsp3) is 0.643. The highest BCUT2D eigenvalue weighted by Crippen LogP contribution is 2.38. The standard InChI is InChI=1S/C14H18IN3O7/c15-7-4-18(13(23)17-11(7)16)14(12(22)24-6-2-1-3-6)10(21)9(20)8(5-19)25-14/h4,6,8-10,19-21H,1-3,5H2,(H2,16,17,23)/t8-,9-,10-,14+/m1/s1. The fourth-order valence-electron chi connectivity index (χ4n) is 2.82. The van der Waals surface area contributed by atoms with Crippen molar-refractivity contribution < 1.29 is 29.6 Å². The van der Waals surface area contributed by atoms with Gasteiger partial charge in [0.25, 0.3) is 5.72 Å². The van der Waals surface area contributed by atoms with Gasteiger partial charge in [-0.15, -0.1) is 0 Å². The zero-order chi connectivity index (χ0) is 18.4. The minimum absolute atomic E-state index is 0.0453. The molecule has 5 N–H and O–H groups in total. The second-order valence-corrected chi connectivity index (χ2v) is 7.22. The number of nitrogen functional groups attached to an aromatic ring is 1. The van der Waals surface area contributed by atoms with Crippen molar-refractivity contribution >= 4 is 34.4 Å². The number of carbonyl (C=O) groups excluding carboxylic acids is 1. The topological polar surface area (TPSA) is 157 Å². The summed E-state index contributed by atoms with van der Waals surface area (Å²) in [6.45, 7) is -0.662. The summed E-state index contributed by atoms with van der Waals surface area (Å²) in [7, 11) is 0. The van der Waals surface area contributed by atoms with Crippen LogP contribution in [-0.2, 0) is 20.0 Å². The first-order valence-electron chi connectivity index (χ1n) is 7.72. The molecule has 1 aliphatic carbocycles. The summed E-state index contributed by atoms with van der Waals surface area (Å²) < 4.78 is 11.9. The van der Waals surface area contributed by atoms with Gasteiger partial charge in [-0.05, 0) is 41.9 Å². The second-order valence-electron chi connectivity index (χ2n) is 6.06. The maximum atomic E-state index is 12.8. The number of aliphatic hydroxyl groups is 3. The van der Waals surface area contributed by atoms with E-state index in [2.05, 4.69) is 4.98 Å². The monoisotopic (exact) mass is 467 g/mol. The van der Waals surface area contributed by atoms with E-state index in [9.17, 15) is 24.9 Å². The Morgan fingerprint density at radius 2 is 2.20 bits per heavy atom. The van der Waals surface area contributed by atoms with E-state index in [0.29, 0.717) is 16.4 Å². The third kappa shape index (κ3) is 2.93. The van der Waals surface area contributed by atoms with Gasteiger partial charge in [-0.3, -0.25) is 4.57 Å². The molecule has 0 spiro atoms. The van der Waals surface area contributed by atoms with E-state index in [1.54, 1.807) is 22.6 Å². The lowest BCUT2D eigenvalue weighted by Crippen LogP contribution is -2.57. The predicted octanol–water partition coefficient (Wildman–Crippen LogP) is -1.71. The van der Waals surface area contributed by atoms with Gasteiger partial charge in [-0.2, -0.15) is 4.98 Å². The van der Waals surface area contributed by atoms with E-state index >= 15 is 0 Å². The lowest BCUT2D eigenvalue weighted by molar-refractivity contribution is -0.210. The summed E-state index contributed by atoms with van der Waals surface area (Å²) >= 11 is 1.81. The number of rotatable bonds is 4. The highest BCUT2D eigenvalue weighted by atomic mass is 127. The van der Waals surface area contributed by atoms with Crippen LogP contribution >= 0.6 is 22.6 Å². The molecule has 1 saturated heterocycles. The van der Waals surface area contributed by atoms with Crippen LogP contribution in [0.5, 0.6) is 0 Å². The van der Waals surface area contributed by atoms with Crippen molar-refractivity contribution in [2.75, 3.05) is 12.3 Å². The first kappa shape index (κ1) is 18.5. The molecule has 1 saturated carbocycles. The Hall–Kier alpha value is -1.28. The van der Waals surface area contributed by atoms with Crippen LogP contribution < -0.4 is 11.4 Å². The minimum atomic E-state index is -2.35. The van der Waals surface area contributed by atoms with Gasteiger partial charge >= 0.3 is 11.7 Å². The van der Waals surface area contributed by atoms with E-state index in [1.807, 2.05) is 0 Å². The van der Waals surface area contributed by atoms with Crippen molar-refractivity contribution in [2.24, 2.45) is 0 Å². The molecule has 0 amide bonds. The molecule has 0 aromatic carbocycles. The first-order chi connectivity index (χ1) is 11.8. The number of carbonyl (C=O) groups is 1. The lowest BCUT2D eigenvalue weighted by Gasteiger charge is -2.34. The Kier molecular flexibility index (Phi) is 5.03. The van der Waals surface area contributed by atoms with E-state index in [1.165, 1.54) is 6.20 Å². The number of ether oxygens (including phenoxy) is 2. The van der Waals surface area contributed by atoms with Gasteiger partial charge in [-0.1, -0.05) is 0 Å². The molecule has 2 heterocycles. The molecule has 25 heavy (non-hydrogen) atoms. The molecule has 138 valence electrons. The Morgan fingerprint density at radius 3 is 2.72 bits per heavy atom. The summed E-state index contributed by atoms with van der Waals surface area (Å²) in [4.78, 5) is 28.8. The number of esters is 1. The first-order valence-corrected chi connectivity index (χ1v) is 8.80. The summed E-state index contributed by atoms with van der Waals surface area (Å²) in [5.41, 5.74) is 2.30. The normalized spacial score (nSPS) is 32.4. The molecule has 1 aliphatic heterocycles. The zero-order valence-corrected chi connectivity index (χ0v) is 15.2. The molecule has 2 aliphatic rings. The van der Waals surface area contributed by atoms with Crippen LogP contribution in [0.25, 0.3) is 0 Å². The smallest absolute Gasteiger partial charge is 0.363 e. The van der Waals surface area contributed by atoms with Crippen LogP contribution in [0, 0.1) is 3.57 Å². The third-order valence-electron chi connectivity index (χ3n) is 4.50. The number of aromatic nitrogens is 2. The number of anilines is 1. The van der Waals surface area contributed by atoms with Crippen LogP contribution in [0.4, 0.5) is 5.82 Å². The van der Waals surface area contributed by atoms with E-state index in [4.69, 9.17) is 15.2 Å². The second kappa shape index (κ2) is 6.79. The number of hydrogen-bond acceptors (Lipinski definition) is 9. The van der Waals surface area contributed by atoms with Crippen molar-refractivity contribution in [3.8, 4) is 0 Å². The summed E-state index contributed by atoms with van der Waals surface area (Å²) in [5, 5.41) is 30.0. The largest absolute Gasteiger partial charge is 0.459 e. The van der Waals surface area contributed by atoms with Gasteiger partial charge in [0.2, 0.25) is 0 Å². The highest BCUT2D eigenvalue weighted by molar-refractivity contribution is 14.1. The Labute approximate surface area is 155 Å². The number of nitrogens with zero attached hydrogens (tertiary/aromatic N) is 2. The van der Waals surface area contributed by atoms with Gasteiger partial charge in [0, 0.05) is 6.20 Å². The molecule has 1 aromatic heterocycles. The van der Waals surface area contributed by atoms with Crippen molar-refractivity contribution in [2.45, 2.75) is 49.4 Å². The molecule has 0 radical (unpaired) electrons. The highest BCUT2D eigenvalue weighted by Gasteiger charge is 2.62. The molecule has 10 nitrogen and oxygen atoms in total. The van der Waals surface area contributed by atoms with Crippen molar-refractivity contribution in [1.82, 2.24) is 9.55 Å². The molecular weight excluding hydrogens is 449 g/mol. The summed E-state index contributed by atoms with van der Waals surface area (Å²) in [6.07, 6.45) is -1.63. The number of nitrogens with two attached hydrogens (primary N) is 1. The third-order valence-corrected chi connectivity index (χ3v) is 5.33. The van der Waals surface area contributed by atoms with Gasteiger partial charge in [0.15, 0.2) is 0 Å². The van der Waals surface area contributed by atoms with Crippen LogP contribution in [0.1, 0.15) is 19.3 Å². The quantitative estimate of drug-likeness (QED) is 0.299. The fourth-order valence-corrected chi connectivity index (χ4v) is 3.22.